The van der Waals surface area contributed by atoms with Gasteiger partial charge in [0.05, 0.1) is 10.6 Å². The topological polar surface area (TPSA) is 168 Å². The molecule has 0 aliphatic heterocycles. The normalized spacial score (nSPS) is 12.3. The van der Waals surface area contributed by atoms with E-state index in [4.69, 9.17) is 8.92 Å². The van der Waals surface area contributed by atoms with Crippen molar-refractivity contribution in [2.24, 2.45) is 0 Å². The average Bonchev–Trinajstić information content (AvgIpc) is 3.14. The molecule has 6 aromatic rings. The molecule has 53 heavy (non-hydrogen) atoms. The molecule has 6 rings (SSSR count). The zero-order chi connectivity index (χ0) is 37.8. The van der Waals surface area contributed by atoms with Crippen LogP contribution in [0.15, 0.2) is 137 Å². The fourth-order valence-corrected chi connectivity index (χ4v) is 8.42. The molecule has 6 aromatic carbocycles. The lowest BCUT2D eigenvalue weighted by molar-refractivity contribution is -0.138. The van der Waals surface area contributed by atoms with Crippen molar-refractivity contribution in [1.82, 2.24) is 4.72 Å². The fraction of sp³-hybridized carbons (Fsp3) is 0.128. The summed E-state index contributed by atoms with van der Waals surface area (Å²) in [5.41, 5.74) is 2.34. The van der Waals surface area contributed by atoms with Crippen molar-refractivity contribution in [3.63, 3.8) is 0 Å². The number of amides is 1. The number of benzene rings is 6. The van der Waals surface area contributed by atoms with Crippen LogP contribution >= 0.6 is 0 Å². The molecule has 0 bridgehead atoms. The van der Waals surface area contributed by atoms with Crippen LogP contribution in [-0.2, 0) is 42.7 Å². The van der Waals surface area contributed by atoms with Crippen LogP contribution < -0.4 is 19.1 Å². The molecule has 0 fully saturated rings. The lowest BCUT2D eigenvalue weighted by Crippen LogP contribution is -2.42. The fourth-order valence-electron chi connectivity index (χ4n) is 5.87. The van der Waals surface area contributed by atoms with E-state index >= 15 is 0 Å². The molecule has 0 aliphatic rings. The van der Waals surface area contributed by atoms with Gasteiger partial charge in [-0.1, -0.05) is 91.0 Å². The molecule has 1 amide bonds. The number of carbonyl (C=O) groups is 2. The molecule has 0 aromatic heterocycles. The molecule has 12 nitrogen and oxygen atoms in total. The summed E-state index contributed by atoms with van der Waals surface area (Å²) in [5, 5.41) is 14.5. The second kappa shape index (κ2) is 15.3. The quantitative estimate of drug-likeness (QED) is 0.110. The first-order chi connectivity index (χ1) is 25.3. The van der Waals surface area contributed by atoms with Gasteiger partial charge < -0.3 is 18.9 Å². The third-order valence-electron chi connectivity index (χ3n) is 8.40. The number of anilines is 2. The molecule has 0 aliphatic carbocycles. The van der Waals surface area contributed by atoms with E-state index in [2.05, 4.69) is 10.0 Å². The summed E-state index contributed by atoms with van der Waals surface area (Å²) in [6.45, 7) is 0.0372. The molecular weight excluding hydrogens is 719 g/mol. The predicted molar refractivity (Wildman–Crippen MR) is 202 cm³/mol. The number of carboxylic acid groups (broad SMARTS) is 1. The van der Waals surface area contributed by atoms with Crippen LogP contribution in [0.3, 0.4) is 0 Å². The first-order valence-corrected chi connectivity index (χ1v) is 19.2. The molecular formula is C39H35N3O9S2. The van der Waals surface area contributed by atoms with Gasteiger partial charge in [-0.3, -0.25) is 10.1 Å². The van der Waals surface area contributed by atoms with Crippen LogP contribution in [0.25, 0.3) is 21.5 Å². The Hall–Kier alpha value is -5.96. The Balaban J connectivity index is 1.16. The summed E-state index contributed by atoms with van der Waals surface area (Å²) in [6, 6.07) is 32.6. The maximum Gasteiger partial charge on any atom is 0.411 e. The average molecular weight is 754 g/mol. The van der Waals surface area contributed by atoms with Crippen LogP contribution in [0.2, 0.25) is 0 Å². The van der Waals surface area contributed by atoms with Crippen LogP contribution in [0.5, 0.6) is 5.75 Å². The number of aliphatic carboxylic acids is 1. The SMILES string of the molecule is CN(C)c1cccc2c(S(=O)(=O)Oc3ccc(C[C@H](NS(=O)(=O)c4ccc(NC(=O)OCc5ccccc5)c5ccccc45)C(=O)O)cc3)cccc12. The molecule has 14 heteroatoms. The van der Waals surface area contributed by atoms with E-state index in [9.17, 15) is 31.5 Å². The zero-order valence-electron chi connectivity index (χ0n) is 28.6. The number of sulfonamides is 1. The summed E-state index contributed by atoms with van der Waals surface area (Å²) < 4.78 is 67.1. The Morgan fingerprint density at radius 2 is 1.30 bits per heavy atom. The van der Waals surface area contributed by atoms with E-state index in [1.165, 1.54) is 42.5 Å². The smallest absolute Gasteiger partial charge is 0.411 e. The zero-order valence-corrected chi connectivity index (χ0v) is 30.2. The van der Waals surface area contributed by atoms with Crippen molar-refractivity contribution in [3.8, 4) is 5.75 Å². The number of carboxylic acids is 1. The number of rotatable bonds is 13. The number of ether oxygens (including phenoxy) is 1. The van der Waals surface area contributed by atoms with E-state index in [1.54, 1.807) is 42.5 Å². The molecule has 0 saturated carbocycles. The Morgan fingerprint density at radius 1 is 0.679 bits per heavy atom. The van der Waals surface area contributed by atoms with Crippen molar-refractivity contribution >= 4 is 65.1 Å². The summed E-state index contributed by atoms with van der Waals surface area (Å²) in [7, 11) is -4.95. The minimum Gasteiger partial charge on any atom is -0.480 e. The third kappa shape index (κ3) is 8.41. The number of carbonyl (C=O) groups excluding carboxylic acids is 1. The predicted octanol–water partition coefficient (Wildman–Crippen LogP) is 6.55. The summed E-state index contributed by atoms with van der Waals surface area (Å²) in [6.07, 6.45) is -0.997. The molecule has 0 spiro atoms. The van der Waals surface area contributed by atoms with Crippen LogP contribution in [0, 0.1) is 0 Å². The van der Waals surface area contributed by atoms with E-state index in [0.29, 0.717) is 22.0 Å². The van der Waals surface area contributed by atoms with E-state index in [-0.39, 0.29) is 34.0 Å². The number of nitrogens with zero attached hydrogens (tertiary/aromatic N) is 1. The number of hydrogen-bond acceptors (Lipinski definition) is 9. The van der Waals surface area contributed by atoms with Crippen molar-refractivity contribution in [1.29, 1.82) is 0 Å². The summed E-state index contributed by atoms with van der Waals surface area (Å²) in [5.74, 6) is -1.43. The van der Waals surface area contributed by atoms with Crippen molar-refractivity contribution < 1.29 is 40.5 Å². The highest BCUT2D eigenvalue weighted by Crippen LogP contribution is 2.32. The second-order valence-electron chi connectivity index (χ2n) is 12.3. The highest BCUT2D eigenvalue weighted by molar-refractivity contribution is 7.89. The van der Waals surface area contributed by atoms with Gasteiger partial charge in [0.25, 0.3) is 0 Å². The Labute approximate surface area is 306 Å². The minimum atomic E-state index is -4.41. The monoisotopic (exact) mass is 753 g/mol. The number of nitrogens with one attached hydrogen (secondary N) is 2. The molecule has 0 radical (unpaired) electrons. The van der Waals surface area contributed by atoms with Gasteiger partial charge in [-0.2, -0.15) is 13.1 Å². The maximum absolute atomic E-state index is 13.7. The standard InChI is InChI=1S/C39H35N3O9S2/c1-42(2)35-16-8-15-32-30(35)14-9-17-37(32)53(48,49)51-28-20-18-26(19-21-28)24-34(38(43)44)41-52(46,47)36-23-22-33(29-12-6-7-13-31(29)36)40-39(45)50-25-27-10-4-3-5-11-27/h3-23,34,41H,24-25H2,1-2H3,(H,40,45)(H,43,44)/t34-/m0/s1. The Morgan fingerprint density at radius 3 is 2.00 bits per heavy atom. The highest BCUT2D eigenvalue weighted by atomic mass is 32.2. The Bertz CT molecular complexity index is 2530. The molecule has 1 atom stereocenters. The summed E-state index contributed by atoms with van der Waals surface area (Å²) >= 11 is 0. The van der Waals surface area contributed by atoms with Crippen molar-refractivity contribution in [2.45, 2.75) is 28.9 Å². The van der Waals surface area contributed by atoms with Gasteiger partial charge in [0.15, 0.2) is 0 Å². The summed E-state index contributed by atoms with van der Waals surface area (Å²) in [4.78, 5) is 26.6. The number of fused-ring (bicyclic) bond motifs is 2. The molecule has 0 heterocycles. The molecule has 0 unspecified atom stereocenters. The third-order valence-corrected chi connectivity index (χ3v) is 11.2. The van der Waals surface area contributed by atoms with Gasteiger partial charge >= 0.3 is 22.2 Å². The highest BCUT2D eigenvalue weighted by Gasteiger charge is 2.28. The van der Waals surface area contributed by atoms with Gasteiger partial charge in [0, 0.05) is 41.3 Å². The van der Waals surface area contributed by atoms with Gasteiger partial charge in [0.2, 0.25) is 10.0 Å². The first kappa shape index (κ1) is 36.8. The van der Waals surface area contributed by atoms with Gasteiger partial charge in [-0.15, -0.1) is 0 Å². The molecule has 0 saturated heterocycles. The van der Waals surface area contributed by atoms with E-state index in [0.717, 1.165) is 16.6 Å². The molecule has 272 valence electrons. The lowest BCUT2D eigenvalue weighted by Gasteiger charge is -2.18. The van der Waals surface area contributed by atoms with Crippen molar-refractivity contribution in [2.75, 3.05) is 24.3 Å². The van der Waals surface area contributed by atoms with E-state index < -0.39 is 38.2 Å². The molecule has 3 N–H and O–H groups in total. The van der Waals surface area contributed by atoms with Crippen LogP contribution in [0.4, 0.5) is 16.2 Å². The van der Waals surface area contributed by atoms with E-state index in [1.807, 2.05) is 61.5 Å². The Kier molecular flexibility index (Phi) is 10.7. The largest absolute Gasteiger partial charge is 0.480 e. The second-order valence-corrected chi connectivity index (χ2v) is 15.5. The maximum atomic E-state index is 13.7. The van der Waals surface area contributed by atoms with Crippen LogP contribution in [0.1, 0.15) is 11.1 Å². The van der Waals surface area contributed by atoms with Crippen LogP contribution in [-0.4, -0.2) is 54.1 Å². The van der Waals surface area contributed by atoms with Gasteiger partial charge in [-0.25, -0.2) is 13.2 Å². The minimum absolute atomic E-state index is 0.00825. The van der Waals surface area contributed by atoms with Crippen molar-refractivity contribution in [3.05, 3.63) is 139 Å². The number of hydrogen-bond donors (Lipinski definition) is 3. The van der Waals surface area contributed by atoms with Gasteiger partial charge in [0.1, 0.15) is 23.3 Å². The van der Waals surface area contributed by atoms with Gasteiger partial charge in [-0.05, 0) is 53.9 Å². The first-order valence-electron chi connectivity index (χ1n) is 16.3. The lowest BCUT2D eigenvalue weighted by atomic mass is 10.1.